The Morgan fingerprint density at radius 1 is 1.00 bits per heavy atom. The summed E-state index contributed by atoms with van der Waals surface area (Å²) in [6.45, 7) is 4.78. The van der Waals surface area contributed by atoms with E-state index in [0.29, 0.717) is 22.2 Å². The molecule has 0 saturated carbocycles. The average molecular weight is 393 g/mol. The van der Waals surface area contributed by atoms with E-state index in [4.69, 9.17) is 27.9 Å². The van der Waals surface area contributed by atoms with Crippen LogP contribution in [0.25, 0.3) is 0 Å². The molecule has 1 amide bonds. The van der Waals surface area contributed by atoms with E-state index in [1.54, 1.807) is 18.2 Å². The van der Waals surface area contributed by atoms with Crippen LogP contribution in [0.5, 0.6) is 0 Å². The first-order valence-corrected chi connectivity index (χ1v) is 9.45. The summed E-state index contributed by atoms with van der Waals surface area (Å²) < 4.78 is 5.40. The Kier molecular flexibility index (Phi) is 6.92. The number of hydrogen-bond donors (Lipinski definition) is 1. The molecule has 0 unspecified atom stereocenters. The van der Waals surface area contributed by atoms with Crippen LogP contribution in [0.1, 0.15) is 16.7 Å². The van der Waals surface area contributed by atoms with Gasteiger partial charge in [0.2, 0.25) is 5.91 Å². The van der Waals surface area contributed by atoms with E-state index in [1.807, 2.05) is 12.1 Å². The lowest BCUT2D eigenvalue weighted by atomic mass is 10.1. The summed E-state index contributed by atoms with van der Waals surface area (Å²) in [5, 5.41) is 4.01. The zero-order valence-electron chi connectivity index (χ0n) is 14.5. The van der Waals surface area contributed by atoms with Crippen molar-refractivity contribution in [1.29, 1.82) is 0 Å². The smallest absolute Gasteiger partial charge is 0.224 e. The van der Waals surface area contributed by atoms with E-state index in [1.165, 1.54) is 5.56 Å². The van der Waals surface area contributed by atoms with E-state index in [2.05, 4.69) is 22.3 Å². The first-order valence-electron chi connectivity index (χ1n) is 8.70. The van der Waals surface area contributed by atoms with E-state index in [9.17, 15) is 4.79 Å². The van der Waals surface area contributed by atoms with Crippen LogP contribution in [0.15, 0.2) is 42.5 Å². The Labute approximate surface area is 164 Å². The molecule has 0 radical (unpaired) electrons. The summed E-state index contributed by atoms with van der Waals surface area (Å²) in [6.07, 6.45) is 0.171. The minimum Gasteiger partial charge on any atom is -0.379 e. The molecule has 0 spiro atoms. The number of nitrogens with zero attached hydrogens (tertiary/aromatic N) is 1. The Hall–Kier alpha value is -1.59. The fraction of sp³-hybridized carbons (Fsp3) is 0.350. The minimum atomic E-state index is -0.0961. The van der Waals surface area contributed by atoms with Crippen LogP contribution in [0.2, 0.25) is 10.0 Å². The van der Waals surface area contributed by atoms with Gasteiger partial charge in [-0.05, 0) is 28.8 Å². The van der Waals surface area contributed by atoms with Gasteiger partial charge in [0.25, 0.3) is 0 Å². The van der Waals surface area contributed by atoms with Crippen LogP contribution in [-0.2, 0) is 29.0 Å². The standard InChI is InChI=1S/C20H22Cl2N2O2/c21-18-6-3-7-19(22)17(18)12-20(25)23-13-15-4-1-2-5-16(15)14-24-8-10-26-11-9-24/h1-7H,8-14H2,(H,23,25). The van der Waals surface area contributed by atoms with Gasteiger partial charge < -0.3 is 10.1 Å². The van der Waals surface area contributed by atoms with Gasteiger partial charge in [0.15, 0.2) is 0 Å². The molecular formula is C20H22Cl2N2O2. The molecule has 1 aliphatic heterocycles. The van der Waals surface area contributed by atoms with Crippen LogP contribution in [-0.4, -0.2) is 37.1 Å². The molecule has 1 N–H and O–H groups in total. The highest BCUT2D eigenvalue weighted by Gasteiger charge is 2.14. The van der Waals surface area contributed by atoms with Gasteiger partial charge in [0.05, 0.1) is 19.6 Å². The second kappa shape index (κ2) is 9.38. The van der Waals surface area contributed by atoms with Gasteiger partial charge in [-0.25, -0.2) is 0 Å². The predicted molar refractivity (Wildman–Crippen MR) is 105 cm³/mol. The highest BCUT2D eigenvalue weighted by Crippen LogP contribution is 2.24. The average Bonchev–Trinajstić information content (AvgIpc) is 2.65. The molecule has 3 rings (SSSR count). The molecule has 1 fully saturated rings. The maximum Gasteiger partial charge on any atom is 0.224 e. The highest BCUT2D eigenvalue weighted by atomic mass is 35.5. The lowest BCUT2D eigenvalue weighted by molar-refractivity contribution is -0.120. The summed E-state index contributed by atoms with van der Waals surface area (Å²) in [7, 11) is 0. The van der Waals surface area contributed by atoms with E-state index >= 15 is 0 Å². The van der Waals surface area contributed by atoms with Crippen molar-refractivity contribution in [3.05, 3.63) is 69.2 Å². The molecule has 0 aromatic heterocycles. The zero-order valence-corrected chi connectivity index (χ0v) is 16.0. The van der Waals surface area contributed by atoms with Gasteiger partial charge >= 0.3 is 0 Å². The van der Waals surface area contributed by atoms with Crippen molar-refractivity contribution < 1.29 is 9.53 Å². The van der Waals surface area contributed by atoms with Crippen molar-refractivity contribution in [3.8, 4) is 0 Å². The number of halogens is 2. The molecule has 2 aromatic rings. The number of carbonyl (C=O) groups excluding carboxylic acids is 1. The fourth-order valence-electron chi connectivity index (χ4n) is 3.00. The van der Waals surface area contributed by atoms with Gasteiger partial charge in [0, 0.05) is 36.2 Å². The normalized spacial score (nSPS) is 15.0. The molecule has 1 saturated heterocycles. The van der Waals surface area contributed by atoms with Crippen LogP contribution in [0.3, 0.4) is 0 Å². The first-order chi connectivity index (χ1) is 12.6. The molecule has 6 heteroatoms. The van der Waals surface area contributed by atoms with Crippen molar-refractivity contribution in [2.24, 2.45) is 0 Å². The summed E-state index contributed by atoms with van der Waals surface area (Å²) >= 11 is 12.3. The molecule has 0 atom stereocenters. The van der Waals surface area contributed by atoms with Crippen LogP contribution in [0.4, 0.5) is 0 Å². The van der Waals surface area contributed by atoms with Crippen molar-refractivity contribution >= 4 is 29.1 Å². The monoisotopic (exact) mass is 392 g/mol. The maximum absolute atomic E-state index is 12.3. The number of carbonyl (C=O) groups is 1. The largest absolute Gasteiger partial charge is 0.379 e. The maximum atomic E-state index is 12.3. The minimum absolute atomic E-state index is 0.0961. The molecule has 0 aliphatic carbocycles. The number of morpholine rings is 1. The van der Waals surface area contributed by atoms with Crippen molar-refractivity contribution in [1.82, 2.24) is 10.2 Å². The van der Waals surface area contributed by atoms with Crippen LogP contribution >= 0.6 is 23.2 Å². The third-order valence-electron chi connectivity index (χ3n) is 4.49. The molecule has 1 heterocycles. The molecular weight excluding hydrogens is 371 g/mol. The summed E-state index contributed by atoms with van der Waals surface area (Å²) in [6, 6.07) is 13.5. The third kappa shape index (κ3) is 5.21. The second-order valence-corrected chi connectivity index (χ2v) is 7.13. The summed E-state index contributed by atoms with van der Waals surface area (Å²) in [4.78, 5) is 14.7. The molecule has 26 heavy (non-hydrogen) atoms. The number of nitrogens with one attached hydrogen (secondary N) is 1. The van der Waals surface area contributed by atoms with Gasteiger partial charge in [-0.1, -0.05) is 53.5 Å². The van der Waals surface area contributed by atoms with E-state index in [0.717, 1.165) is 38.4 Å². The van der Waals surface area contributed by atoms with Crippen molar-refractivity contribution in [3.63, 3.8) is 0 Å². The molecule has 138 valence electrons. The SMILES string of the molecule is O=C(Cc1c(Cl)cccc1Cl)NCc1ccccc1CN1CCOCC1. The van der Waals surface area contributed by atoms with Gasteiger partial charge in [-0.3, -0.25) is 9.69 Å². The Morgan fingerprint density at radius 3 is 2.35 bits per heavy atom. The molecule has 2 aromatic carbocycles. The quantitative estimate of drug-likeness (QED) is 0.814. The van der Waals surface area contributed by atoms with Gasteiger partial charge in [0.1, 0.15) is 0 Å². The number of hydrogen-bond acceptors (Lipinski definition) is 3. The zero-order chi connectivity index (χ0) is 18.4. The van der Waals surface area contributed by atoms with Crippen molar-refractivity contribution in [2.75, 3.05) is 26.3 Å². The van der Waals surface area contributed by atoms with Crippen LogP contribution < -0.4 is 5.32 Å². The second-order valence-electron chi connectivity index (χ2n) is 6.31. The fourth-order valence-corrected chi connectivity index (χ4v) is 3.53. The Morgan fingerprint density at radius 2 is 1.65 bits per heavy atom. The number of rotatable bonds is 6. The Balaban J connectivity index is 1.59. The van der Waals surface area contributed by atoms with Gasteiger partial charge in [-0.2, -0.15) is 0 Å². The number of ether oxygens (including phenoxy) is 1. The van der Waals surface area contributed by atoms with E-state index in [-0.39, 0.29) is 12.3 Å². The molecule has 0 bridgehead atoms. The van der Waals surface area contributed by atoms with Crippen LogP contribution in [0, 0.1) is 0 Å². The van der Waals surface area contributed by atoms with Gasteiger partial charge in [-0.15, -0.1) is 0 Å². The summed E-state index contributed by atoms with van der Waals surface area (Å²) in [5.74, 6) is -0.0961. The first kappa shape index (κ1) is 19.2. The van der Waals surface area contributed by atoms with E-state index < -0.39 is 0 Å². The summed E-state index contributed by atoms with van der Waals surface area (Å²) in [5.41, 5.74) is 3.01. The Bertz CT molecular complexity index is 741. The third-order valence-corrected chi connectivity index (χ3v) is 5.20. The lowest BCUT2D eigenvalue weighted by Crippen LogP contribution is -2.36. The topological polar surface area (TPSA) is 41.6 Å². The molecule has 4 nitrogen and oxygen atoms in total. The number of benzene rings is 2. The molecule has 1 aliphatic rings. The van der Waals surface area contributed by atoms with Crippen molar-refractivity contribution in [2.45, 2.75) is 19.5 Å². The lowest BCUT2D eigenvalue weighted by Gasteiger charge is -2.27. The predicted octanol–water partition coefficient (Wildman–Crippen LogP) is 3.68. The number of amides is 1. The highest BCUT2D eigenvalue weighted by molar-refractivity contribution is 6.36.